The molecule has 0 aromatic heterocycles. The molecule has 33 heavy (non-hydrogen) atoms. The van der Waals surface area contributed by atoms with E-state index in [9.17, 15) is 24.0 Å². The predicted molar refractivity (Wildman–Crippen MR) is 120 cm³/mol. The highest BCUT2D eigenvalue weighted by Crippen LogP contribution is 2.11. The molecule has 0 fully saturated rings. The lowest BCUT2D eigenvalue weighted by atomic mass is 10.1. The molecule has 0 rings (SSSR count). The van der Waals surface area contributed by atoms with Crippen molar-refractivity contribution in [1.29, 1.82) is 0 Å². The van der Waals surface area contributed by atoms with E-state index in [1.54, 1.807) is 62.3 Å². The highest BCUT2D eigenvalue weighted by molar-refractivity contribution is 5.87. The van der Waals surface area contributed by atoms with Gasteiger partial charge in [0.25, 0.3) is 0 Å². The predicted octanol–water partition coefficient (Wildman–Crippen LogP) is 0.628. The number of esters is 2. The fraction of sp³-hybridized carbons (Fsp3) is 0.762. The zero-order valence-electron chi connectivity index (χ0n) is 21.1. The van der Waals surface area contributed by atoms with Crippen LogP contribution in [0.1, 0.15) is 75.2 Å². The molecule has 0 bridgehead atoms. The van der Waals surface area contributed by atoms with Crippen LogP contribution in [0.15, 0.2) is 0 Å². The largest absolute Gasteiger partial charge is 0.459 e. The Morgan fingerprint density at radius 2 is 1.03 bits per heavy atom. The number of carbonyl (C=O) groups excluding carboxylic acids is 5. The van der Waals surface area contributed by atoms with Gasteiger partial charge >= 0.3 is 18.0 Å². The minimum absolute atomic E-state index is 0.186. The fourth-order valence-electron chi connectivity index (χ4n) is 1.89. The van der Waals surface area contributed by atoms with Gasteiger partial charge in [0.1, 0.15) is 28.9 Å². The molecule has 0 aliphatic rings. The summed E-state index contributed by atoms with van der Waals surface area (Å²) in [5.41, 5.74) is 13.2. The SMILES string of the molecule is CC(C)(C)OC(=O)N[C@@H](CC(N)=O)C(=O)OC(C)(C)C.CC(C)(C)OC(=O)[C@@H](N)CC(N)=O. The Bertz CT molecular complexity index is 703. The van der Waals surface area contributed by atoms with Crippen LogP contribution in [0.25, 0.3) is 0 Å². The van der Waals surface area contributed by atoms with Crippen molar-refractivity contribution >= 4 is 29.8 Å². The van der Waals surface area contributed by atoms with Crippen molar-refractivity contribution in [3.05, 3.63) is 0 Å². The number of alkyl carbamates (subject to hydrolysis) is 1. The van der Waals surface area contributed by atoms with Gasteiger partial charge in [-0.15, -0.1) is 0 Å². The summed E-state index contributed by atoms with van der Waals surface area (Å²) < 4.78 is 15.1. The molecule has 0 aromatic carbocycles. The summed E-state index contributed by atoms with van der Waals surface area (Å²) in [4.78, 5) is 56.0. The molecular weight excluding hydrogens is 436 g/mol. The number of nitrogens with two attached hydrogens (primary N) is 3. The van der Waals surface area contributed by atoms with Gasteiger partial charge in [-0.2, -0.15) is 0 Å². The van der Waals surface area contributed by atoms with Crippen molar-refractivity contribution in [1.82, 2.24) is 5.32 Å². The van der Waals surface area contributed by atoms with Gasteiger partial charge in [0, 0.05) is 0 Å². The lowest BCUT2D eigenvalue weighted by molar-refractivity contribution is -0.158. The molecule has 12 heteroatoms. The van der Waals surface area contributed by atoms with Gasteiger partial charge in [-0.1, -0.05) is 0 Å². The summed E-state index contributed by atoms with van der Waals surface area (Å²) in [6.45, 7) is 15.3. The lowest BCUT2D eigenvalue weighted by Crippen LogP contribution is -2.47. The highest BCUT2D eigenvalue weighted by Gasteiger charge is 2.30. The number of primary amides is 2. The maximum absolute atomic E-state index is 11.9. The van der Waals surface area contributed by atoms with Crippen LogP contribution in [0, 0.1) is 0 Å². The molecule has 7 N–H and O–H groups in total. The second-order valence-corrected chi connectivity index (χ2v) is 10.2. The molecule has 3 amide bonds. The third-order valence-electron chi connectivity index (χ3n) is 2.92. The zero-order valence-corrected chi connectivity index (χ0v) is 21.1. The third kappa shape index (κ3) is 20.8. The fourth-order valence-corrected chi connectivity index (χ4v) is 1.89. The van der Waals surface area contributed by atoms with Crippen molar-refractivity contribution in [3.8, 4) is 0 Å². The van der Waals surface area contributed by atoms with E-state index in [1.165, 1.54) is 0 Å². The zero-order chi connectivity index (χ0) is 26.8. The Kier molecular flexibility index (Phi) is 12.7. The molecule has 0 aliphatic heterocycles. The van der Waals surface area contributed by atoms with Crippen LogP contribution in [-0.4, -0.2) is 58.7 Å². The van der Waals surface area contributed by atoms with Gasteiger partial charge in [-0.3, -0.25) is 14.4 Å². The number of hydrogen-bond donors (Lipinski definition) is 4. The van der Waals surface area contributed by atoms with Gasteiger partial charge < -0.3 is 36.7 Å². The van der Waals surface area contributed by atoms with E-state index in [4.69, 9.17) is 31.4 Å². The lowest BCUT2D eigenvalue weighted by Gasteiger charge is -2.25. The minimum Gasteiger partial charge on any atom is -0.459 e. The molecule has 2 atom stereocenters. The van der Waals surface area contributed by atoms with Gasteiger partial charge in [0.2, 0.25) is 11.8 Å². The molecule has 0 unspecified atom stereocenters. The molecule has 0 aliphatic carbocycles. The van der Waals surface area contributed by atoms with Crippen molar-refractivity contribution in [2.45, 2.75) is 104 Å². The average molecular weight is 477 g/mol. The summed E-state index contributed by atoms with van der Waals surface area (Å²) in [7, 11) is 0. The van der Waals surface area contributed by atoms with E-state index in [0.717, 1.165) is 0 Å². The van der Waals surface area contributed by atoms with E-state index in [0.29, 0.717) is 0 Å². The van der Waals surface area contributed by atoms with Gasteiger partial charge in [0.05, 0.1) is 12.8 Å². The molecule has 0 saturated carbocycles. The van der Waals surface area contributed by atoms with Crippen LogP contribution in [0.5, 0.6) is 0 Å². The van der Waals surface area contributed by atoms with Gasteiger partial charge in [-0.05, 0) is 62.3 Å². The monoisotopic (exact) mass is 476 g/mol. The first-order valence-electron chi connectivity index (χ1n) is 10.3. The molecular formula is C21H40N4O8. The van der Waals surface area contributed by atoms with Crippen LogP contribution in [0.2, 0.25) is 0 Å². The first-order valence-corrected chi connectivity index (χ1v) is 10.3. The summed E-state index contributed by atoms with van der Waals surface area (Å²) in [6.07, 6.45) is -1.35. The first kappa shape index (κ1) is 32.3. The number of nitrogens with one attached hydrogen (secondary N) is 1. The smallest absolute Gasteiger partial charge is 0.408 e. The van der Waals surface area contributed by atoms with Crippen molar-refractivity contribution in [2.24, 2.45) is 17.2 Å². The number of ether oxygens (including phenoxy) is 3. The van der Waals surface area contributed by atoms with Crippen LogP contribution in [-0.2, 0) is 33.4 Å². The number of amides is 3. The maximum Gasteiger partial charge on any atom is 0.408 e. The van der Waals surface area contributed by atoms with E-state index in [2.05, 4.69) is 5.32 Å². The second kappa shape index (κ2) is 13.0. The third-order valence-corrected chi connectivity index (χ3v) is 2.92. The molecule has 0 spiro atoms. The summed E-state index contributed by atoms with van der Waals surface area (Å²) >= 11 is 0. The van der Waals surface area contributed by atoms with Crippen molar-refractivity contribution in [3.63, 3.8) is 0 Å². The Hall–Kier alpha value is -2.89. The maximum atomic E-state index is 11.9. The van der Waals surface area contributed by atoms with E-state index in [1.807, 2.05) is 0 Å². The van der Waals surface area contributed by atoms with Crippen molar-refractivity contribution in [2.75, 3.05) is 0 Å². The number of hydrogen-bond acceptors (Lipinski definition) is 9. The first-order chi connectivity index (χ1) is 14.5. The molecule has 0 heterocycles. The van der Waals surface area contributed by atoms with Crippen LogP contribution >= 0.6 is 0 Å². The summed E-state index contributed by atoms with van der Waals surface area (Å²) in [5, 5.41) is 2.29. The quantitative estimate of drug-likeness (QED) is 0.300. The molecule has 0 aromatic rings. The topological polar surface area (TPSA) is 203 Å². The molecule has 0 radical (unpaired) electrons. The van der Waals surface area contributed by atoms with E-state index >= 15 is 0 Å². The average Bonchev–Trinajstić information content (AvgIpc) is 2.48. The Morgan fingerprint density at radius 3 is 1.36 bits per heavy atom. The van der Waals surface area contributed by atoms with Gasteiger partial charge in [-0.25, -0.2) is 9.59 Å². The molecule has 12 nitrogen and oxygen atoms in total. The van der Waals surface area contributed by atoms with Crippen LogP contribution in [0.3, 0.4) is 0 Å². The van der Waals surface area contributed by atoms with Gasteiger partial charge in [0.15, 0.2) is 0 Å². The molecule has 0 saturated heterocycles. The highest BCUT2D eigenvalue weighted by atomic mass is 16.6. The minimum atomic E-state index is -1.17. The summed E-state index contributed by atoms with van der Waals surface area (Å²) in [5.74, 6) is -2.68. The molecule has 192 valence electrons. The Labute approximate surface area is 195 Å². The number of rotatable bonds is 7. The van der Waals surface area contributed by atoms with E-state index in [-0.39, 0.29) is 12.8 Å². The second-order valence-electron chi connectivity index (χ2n) is 10.2. The summed E-state index contributed by atoms with van der Waals surface area (Å²) in [6, 6.07) is -2.13. The van der Waals surface area contributed by atoms with Crippen LogP contribution in [0.4, 0.5) is 4.79 Å². The van der Waals surface area contributed by atoms with Crippen LogP contribution < -0.4 is 22.5 Å². The van der Waals surface area contributed by atoms with Crippen molar-refractivity contribution < 1.29 is 38.2 Å². The Morgan fingerprint density at radius 1 is 0.667 bits per heavy atom. The number of carbonyl (C=O) groups is 5. The normalized spacial score (nSPS) is 13.4. The Balaban J connectivity index is 0. The van der Waals surface area contributed by atoms with E-state index < -0.39 is 58.7 Å². The standard InChI is InChI=1S/C13H24N2O5.C8H16N2O3/c1-12(2,3)19-10(17)8(7-9(14)16)15-11(18)20-13(4,5)6;1-8(2,3)13-7(12)5(9)4-6(10)11/h8H,7H2,1-6H3,(H2,14,16)(H,15,18);5H,4,9H2,1-3H3,(H2,10,11)/t8-;5-/m00/s1.